The van der Waals surface area contributed by atoms with E-state index < -0.39 is 0 Å². The minimum absolute atomic E-state index is 0.180. The van der Waals surface area contributed by atoms with E-state index in [9.17, 15) is 9.18 Å². The number of halogens is 1. The molecular weight excluding hydrogens is 322 g/mol. The molecule has 1 heterocycles. The van der Waals surface area contributed by atoms with Crippen LogP contribution < -0.4 is 14.8 Å². The van der Waals surface area contributed by atoms with Crippen LogP contribution in [-0.4, -0.2) is 57.4 Å². The molecule has 1 saturated heterocycles. The first-order valence-corrected chi connectivity index (χ1v) is 8.97. The number of hydrogen-bond acceptors (Lipinski definition) is 4. The number of alkyl halides is 1. The molecule has 1 aromatic rings. The Morgan fingerprint density at radius 2 is 2.16 bits per heavy atom. The molecule has 1 aliphatic rings. The van der Waals surface area contributed by atoms with Crippen LogP contribution in [0.15, 0.2) is 12.1 Å². The summed E-state index contributed by atoms with van der Waals surface area (Å²) in [5, 5.41) is 3.02. The van der Waals surface area contributed by atoms with Crippen molar-refractivity contribution in [1.29, 1.82) is 0 Å². The van der Waals surface area contributed by atoms with Gasteiger partial charge in [0, 0.05) is 12.6 Å². The zero-order valence-corrected chi connectivity index (χ0v) is 15.4. The smallest absolute Gasteiger partial charge is 0.255 e. The third kappa shape index (κ3) is 4.84. The molecule has 0 radical (unpaired) electrons. The molecule has 0 unspecified atom stereocenters. The highest BCUT2D eigenvalue weighted by Crippen LogP contribution is 2.33. The van der Waals surface area contributed by atoms with Crippen LogP contribution in [0.3, 0.4) is 0 Å². The van der Waals surface area contributed by atoms with Crippen LogP contribution >= 0.6 is 0 Å². The Hall–Kier alpha value is -1.82. The summed E-state index contributed by atoms with van der Waals surface area (Å²) in [7, 11) is 3.06. The second-order valence-corrected chi connectivity index (χ2v) is 6.31. The van der Waals surface area contributed by atoms with Gasteiger partial charge in [-0.2, -0.15) is 0 Å². The van der Waals surface area contributed by atoms with E-state index >= 15 is 0 Å². The van der Waals surface area contributed by atoms with Crippen molar-refractivity contribution in [2.45, 2.75) is 38.6 Å². The Morgan fingerprint density at radius 3 is 2.80 bits per heavy atom. The Kier molecular flexibility index (Phi) is 7.50. The van der Waals surface area contributed by atoms with E-state index in [2.05, 4.69) is 17.1 Å². The predicted octanol–water partition coefficient (Wildman–Crippen LogP) is 2.82. The molecular formula is C19H29FN2O3. The molecule has 0 bridgehead atoms. The summed E-state index contributed by atoms with van der Waals surface area (Å²) in [6.07, 6.45) is 3.25. The first-order chi connectivity index (χ1) is 12.1. The number of methoxy groups -OCH3 is 2. The van der Waals surface area contributed by atoms with Crippen molar-refractivity contribution in [3.63, 3.8) is 0 Å². The number of likely N-dealkylation sites (N-methyl/N-ethyl adjacent to an activating group) is 1. The monoisotopic (exact) mass is 351 g/mol. The number of aryl methyl sites for hydroxylation is 1. The van der Waals surface area contributed by atoms with Crippen molar-refractivity contribution in [2.75, 3.05) is 40.5 Å². The van der Waals surface area contributed by atoms with Gasteiger partial charge in [0.25, 0.3) is 5.91 Å². The van der Waals surface area contributed by atoms with Gasteiger partial charge in [-0.1, -0.05) is 6.92 Å². The molecule has 0 saturated carbocycles. The van der Waals surface area contributed by atoms with Gasteiger partial charge in [0.15, 0.2) is 11.5 Å². The van der Waals surface area contributed by atoms with Gasteiger partial charge in [-0.05, 0) is 56.5 Å². The number of likely N-dealkylation sites (tertiary alicyclic amines) is 1. The number of carbonyl (C=O) groups is 1. The number of benzene rings is 1. The van der Waals surface area contributed by atoms with Crippen LogP contribution in [0.4, 0.5) is 4.39 Å². The molecule has 1 aromatic carbocycles. The minimum atomic E-state index is -0.385. The van der Waals surface area contributed by atoms with Gasteiger partial charge in [-0.3, -0.25) is 14.1 Å². The lowest BCUT2D eigenvalue weighted by Gasteiger charge is -2.23. The molecule has 5 nitrogen and oxygen atoms in total. The van der Waals surface area contributed by atoms with Gasteiger partial charge in [-0.15, -0.1) is 0 Å². The highest BCUT2D eigenvalue weighted by atomic mass is 18.2. The Balaban J connectivity index is 2.15. The van der Waals surface area contributed by atoms with Gasteiger partial charge in [0.2, 0.25) is 0 Å². The van der Waals surface area contributed by atoms with E-state index in [-0.39, 0.29) is 12.6 Å². The molecule has 0 aromatic heterocycles. The summed E-state index contributed by atoms with van der Waals surface area (Å²) in [4.78, 5) is 15.1. The van der Waals surface area contributed by atoms with E-state index in [1.54, 1.807) is 12.1 Å². The van der Waals surface area contributed by atoms with E-state index in [1.807, 2.05) is 0 Å². The Morgan fingerprint density at radius 1 is 1.36 bits per heavy atom. The fourth-order valence-electron chi connectivity index (χ4n) is 3.45. The number of amides is 1. The highest BCUT2D eigenvalue weighted by molar-refractivity contribution is 5.98. The van der Waals surface area contributed by atoms with Crippen LogP contribution in [-0.2, 0) is 6.42 Å². The summed E-state index contributed by atoms with van der Waals surface area (Å²) in [5.74, 6) is 0.739. The Bertz CT molecular complexity index is 580. The van der Waals surface area contributed by atoms with E-state index in [1.165, 1.54) is 20.6 Å². The van der Waals surface area contributed by atoms with Gasteiger partial charge in [-0.25, -0.2) is 0 Å². The topological polar surface area (TPSA) is 50.8 Å². The minimum Gasteiger partial charge on any atom is -0.493 e. The summed E-state index contributed by atoms with van der Waals surface area (Å²) < 4.78 is 23.2. The summed E-state index contributed by atoms with van der Waals surface area (Å²) in [5.41, 5.74) is 1.31. The number of nitrogens with one attached hydrogen (secondary N) is 1. The molecule has 0 spiro atoms. The van der Waals surface area contributed by atoms with E-state index in [0.29, 0.717) is 42.5 Å². The summed E-state index contributed by atoms with van der Waals surface area (Å²) in [6.45, 7) is 4.46. The lowest BCUT2D eigenvalue weighted by Crippen LogP contribution is -2.40. The molecule has 1 fully saturated rings. The average molecular weight is 351 g/mol. The largest absolute Gasteiger partial charge is 0.493 e. The molecule has 1 amide bonds. The van der Waals surface area contributed by atoms with Crippen molar-refractivity contribution in [1.82, 2.24) is 10.2 Å². The van der Waals surface area contributed by atoms with Gasteiger partial charge < -0.3 is 14.8 Å². The van der Waals surface area contributed by atoms with Crippen molar-refractivity contribution >= 4 is 5.91 Å². The molecule has 0 aliphatic carbocycles. The van der Waals surface area contributed by atoms with Crippen molar-refractivity contribution in [3.05, 3.63) is 23.3 Å². The second kappa shape index (κ2) is 9.61. The number of rotatable bonds is 9. The standard InChI is InChI=1S/C19H29FN2O3/c1-4-22-10-6-8-15(22)13-21-19(23)16-11-14(7-5-9-20)12-17(24-2)18(16)25-3/h11-12,15H,4-10,13H2,1-3H3,(H,21,23)/t15-/m1/s1/i20-1. The fraction of sp³-hybridized carbons (Fsp3) is 0.632. The van der Waals surface area contributed by atoms with Crippen LogP contribution in [0.2, 0.25) is 0 Å². The van der Waals surface area contributed by atoms with Crippen LogP contribution in [0, 0.1) is 0 Å². The fourth-order valence-corrected chi connectivity index (χ4v) is 3.45. The number of nitrogens with zero attached hydrogens (tertiary/aromatic N) is 1. The normalized spacial score (nSPS) is 17.5. The third-order valence-electron chi connectivity index (χ3n) is 4.79. The Labute approximate surface area is 149 Å². The first-order valence-electron chi connectivity index (χ1n) is 8.97. The number of carbonyl (C=O) groups excluding carboxylic acids is 1. The summed E-state index contributed by atoms with van der Waals surface area (Å²) >= 11 is 0. The lowest BCUT2D eigenvalue weighted by molar-refractivity contribution is 0.0937. The van der Waals surface area contributed by atoms with Gasteiger partial charge in [0.1, 0.15) is 0 Å². The van der Waals surface area contributed by atoms with Crippen LogP contribution in [0.5, 0.6) is 11.5 Å². The average Bonchev–Trinajstić information content (AvgIpc) is 3.10. The summed E-state index contributed by atoms with van der Waals surface area (Å²) in [6, 6.07) is 3.97. The number of hydrogen-bond donors (Lipinski definition) is 1. The maximum atomic E-state index is 12.7. The zero-order valence-electron chi connectivity index (χ0n) is 15.4. The maximum absolute atomic E-state index is 12.7. The van der Waals surface area contributed by atoms with E-state index in [4.69, 9.17) is 9.47 Å². The zero-order chi connectivity index (χ0) is 18.2. The number of ether oxygens (including phenoxy) is 2. The molecule has 1 N–H and O–H groups in total. The van der Waals surface area contributed by atoms with Crippen LogP contribution in [0.25, 0.3) is 0 Å². The van der Waals surface area contributed by atoms with Crippen molar-refractivity contribution in [2.24, 2.45) is 0 Å². The first kappa shape index (κ1) is 19.5. The molecule has 6 heteroatoms. The van der Waals surface area contributed by atoms with Gasteiger partial charge >= 0.3 is 0 Å². The van der Waals surface area contributed by atoms with Crippen molar-refractivity contribution in [3.8, 4) is 11.5 Å². The molecule has 25 heavy (non-hydrogen) atoms. The second-order valence-electron chi connectivity index (χ2n) is 6.31. The molecule has 2 rings (SSSR count). The van der Waals surface area contributed by atoms with E-state index in [0.717, 1.165) is 25.1 Å². The lowest BCUT2D eigenvalue weighted by atomic mass is 10.0. The van der Waals surface area contributed by atoms with Gasteiger partial charge in [0.05, 0.1) is 26.5 Å². The molecule has 1 aliphatic heterocycles. The third-order valence-corrected chi connectivity index (χ3v) is 4.79. The predicted molar refractivity (Wildman–Crippen MR) is 96.4 cm³/mol. The SMILES string of the molecule is CCN1CCC[C@@H]1CNC(=O)c1cc(CCC[18F])cc(OC)c1OC. The van der Waals surface area contributed by atoms with Crippen molar-refractivity contribution < 1.29 is 18.7 Å². The molecule has 1 atom stereocenters. The van der Waals surface area contributed by atoms with Crippen LogP contribution in [0.1, 0.15) is 42.1 Å². The highest BCUT2D eigenvalue weighted by Gasteiger charge is 2.24. The molecule has 140 valence electrons. The quantitative estimate of drug-likeness (QED) is 0.743. The maximum Gasteiger partial charge on any atom is 0.255 e.